The number of fused-ring (bicyclic) bond motifs is 1. The number of hydrogen-bond acceptors (Lipinski definition) is 6. The summed E-state index contributed by atoms with van der Waals surface area (Å²) >= 11 is 1.34. The van der Waals surface area contributed by atoms with Crippen molar-refractivity contribution in [3.8, 4) is 5.75 Å². The Morgan fingerprint density at radius 3 is 2.69 bits per heavy atom. The molecule has 0 atom stereocenters. The SMILES string of the molecule is COCCOCc1ccc(OCc2cncc3sc(C(N)=O)cc23)cc1. The van der Waals surface area contributed by atoms with Crippen molar-refractivity contribution in [2.75, 3.05) is 20.3 Å². The second-order valence-electron chi connectivity index (χ2n) is 5.66. The number of aromatic nitrogens is 1. The molecule has 2 N–H and O–H groups in total. The largest absolute Gasteiger partial charge is 0.489 e. The quantitative estimate of drug-likeness (QED) is 0.584. The number of hydrogen-bond donors (Lipinski definition) is 1. The molecular formula is C19H20N2O4S. The summed E-state index contributed by atoms with van der Waals surface area (Å²) in [4.78, 5) is 16.1. The van der Waals surface area contributed by atoms with Crippen LogP contribution in [0.2, 0.25) is 0 Å². The van der Waals surface area contributed by atoms with Gasteiger partial charge in [-0.3, -0.25) is 9.78 Å². The van der Waals surface area contributed by atoms with Gasteiger partial charge in [-0.25, -0.2) is 0 Å². The minimum absolute atomic E-state index is 0.364. The zero-order valence-corrected chi connectivity index (χ0v) is 15.3. The highest BCUT2D eigenvalue weighted by molar-refractivity contribution is 7.20. The van der Waals surface area contributed by atoms with Crippen LogP contribution in [0, 0.1) is 0 Å². The maximum atomic E-state index is 11.4. The van der Waals surface area contributed by atoms with Crippen molar-refractivity contribution < 1.29 is 19.0 Å². The Kier molecular flexibility index (Phi) is 6.17. The molecule has 0 fully saturated rings. The van der Waals surface area contributed by atoms with Gasteiger partial charge in [-0.1, -0.05) is 12.1 Å². The number of rotatable bonds is 9. The normalized spacial score (nSPS) is 11.0. The van der Waals surface area contributed by atoms with E-state index in [4.69, 9.17) is 19.9 Å². The molecule has 0 unspecified atom stereocenters. The van der Waals surface area contributed by atoms with Crippen LogP contribution in [0.1, 0.15) is 20.8 Å². The molecule has 0 saturated heterocycles. The van der Waals surface area contributed by atoms with Crippen molar-refractivity contribution in [2.45, 2.75) is 13.2 Å². The number of carbonyl (C=O) groups is 1. The van der Waals surface area contributed by atoms with E-state index >= 15 is 0 Å². The third kappa shape index (κ3) is 4.57. The Morgan fingerprint density at radius 2 is 1.96 bits per heavy atom. The van der Waals surface area contributed by atoms with Crippen molar-refractivity contribution in [2.24, 2.45) is 5.73 Å². The van der Waals surface area contributed by atoms with Gasteiger partial charge in [0.25, 0.3) is 5.91 Å². The van der Waals surface area contributed by atoms with E-state index in [9.17, 15) is 4.79 Å². The Bertz CT molecular complexity index is 877. The van der Waals surface area contributed by atoms with Gasteiger partial charge in [0.05, 0.1) is 29.4 Å². The number of thiophene rings is 1. The van der Waals surface area contributed by atoms with Gasteiger partial charge in [-0.15, -0.1) is 11.3 Å². The number of benzene rings is 1. The van der Waals surface area contributed by atoms with Crippen molar-refractivity contribution in [3.63, 3.8) is 0 Å². The number of primary amides is 1. The Balaban J connectivity index is 1.62. The zero-order chi connectivity index (χ0) is 18.4. The number of carbonyl (C=O) groups excluding carboxylic acids is 1. The van der Waals surface area contributed by atoms with E-state index < -0.39 is 5.91 Å². The monoisotopic (exact) mass is 372 g/mol. The highest BCUT2D eigenvalue weighted by atomic mass is 32.1. The van der Waals surface area contributed by atoms with Gasteiger partial charge in [0, 0.05) is 30.5 Å². The Hall–Kier alpha value is -2.48. The summed E-state index contributed by atoms with van der Waals surface area (Å²) < 4.78 is 17.2. The molecule has 7 heteroatoms. The summed E-state index contributed by atoms with van der Waals surface area (Å²) in [5.74, 6) is 0.328. The highest BCUT2D eigenvalue weighted by Crippen LogP contribution is 2.28. The molecule has 0 saturated carbocycles. The second kappa shape index (κ2) is 8.75. The molecule has 26 heavy (non-hydrogen) atoms. The van der Waals surface area contributed by atoms with Crippen LogP contribution in [0.25, 0.3) is 10.1 Å². The molecule has 3 rings (SSSR count). The van der Waals surface area contributed by atoms with Crippen LogP contribution in [0.15, 0.2) is 42.7 Å². The predicted molar refractivity (Wildman–Crippen MR) is 100 cm³/mol. The number of amides is 1. The Morgan fingerprint density at radius 1 is 1.15 bits per heavy atom. The molecule has 1 amide bonds. The lowest BCUT2D eigenvalue weighted by atomic mass is 10.2. The van der Waals surface area contributed by atoms with Gasteiger partial charge in [0.2, 0.25) is 0 Å². The topological polar surface area (TPSA) is 83.7 Å². The summed E-state index contributed by atoms with van der Waals surface area (Å²) in [5, 5.41) is 0.946. The molecule has 0 aliphatic heterocycles. The highest BCUT2D eigenvalue weighted by Gasteiger charge is 2.10. The van der Waals surface area contributed by atoms with Crippen LogP contribution in [0.3, 0.4) is 0 Å². The zero-order valence-electron chi connectivity index (χ0n) is 14.4. The third-order valence-corrected chi connectivity index (χ3v) is 4.87. The van der Waals surface area contributed by atoms with Gasteiger partial charge < -0.3 is 19.9 Å². The molecule has 0 aliphatic carbocycles. The number of nitrogens with zero attached hydrogens (tertiary/aromatic N) is 1. The minimum atomic E-state index is -0.429. The molecule has 0 radical (unpaired) electrons. The van der Waals surface area contributed by atoms with Gasteiger partial charge in [-0.05, 0) is 23.8 Å². The molecule has 6 nitrogen and oxygen atoms in total. The van der Waals surface area contributed by atoms with E-state index in [1.54, 1.807) is 25.6 Å². The first-order chi connectivity index (χ1) is 12.7. The van der Waals surface area contributed by atoms with Crippen LogP contribution < -0.4 is 10.5 Å². The van der Waals surface area contributed by atoms with Crippen LogP contribution in [-0.4, -0.2) is 31.2 Å². The lowest BCUT2D eigenvalue weighted by Gasteiger charge is -2.08. The first kappa shape index (κ1) is 18.3. The summed E-state index contributed by atoms with van der Waals surface area (Å²) in [5.41, 5.74) is 7.35. The van der Waals surface area contributed by atoms with Crippen molar-refractivity contribution >= 4 is 27.3 Å². The van der Waals surface area contributed by atoms with Crippen LogP contribution >= 0.6 is 11.3 Å². The maximum absolute atomic E-state index is 11.4. The van der Waals surface area contributed by atoms with Gasteiger partial charge >= 0.3 is 0 Å². The molecule has 0 aliphatic rings. The smallest absolute Gasteiger partial charge is 0.258 e. The number of methoxy groups -OCH3 is 1. The lowest BCUT2D eigenvalue weighted by molar-refractivity contribution is 0.0616. The molecule has 2 heterocycles. The van der Waals surface area contributed by atoms with Crippen molar-refractivity contribution in [1.82, 2.24) is 4.98 Å². The maximum Gasteiger partial charge on any atom is 0.258 e. The first-order valence-corrected chi connectivity index (χ1v) is 8.93. The fourth-order valence-electron chi connectivity index (χ4n) is 2.43. The van der Waals surface area contributed by atoms with Crippen molar-refractivity contribution in [3.05, 3.63) is 58.7 Å². The molecular weight excluding hydrogens is 352 g/mol. The molecule has 2 aromatic heterocycles. The van der Waals surface area contributed by atoms with Crippen LogP contribution in [0.5, 0.6) is 5.75 Å². The fourth-order valence-corrected chi connectivity index (χ4v) is 3.36. The van der Waals surface area contributed by atoms with Crippen LogP contribution in [0.4, 0.5) is 0 Å². The van der Waals surface area contributed by atoms with Crippen LogP contribution in [-0.2, 0) is 22.7 Å². The Labute approximate surface area is 155 Å². The van der Waals surface area contributed by atoms with Crippen molar-refractivity contribution in [1.29, 1.82) is 0 Å². The summed E-state index contributed by atoms with van der Waals surface area (Å²) in [6.07, 6.45) is 3.48. The molecule has 1 aromatic carbocycles. The molecule has 0 bridgehead atoms. The average Bonchev–Trinajstić information content (AvgIpc) is 3.10. The minimum Gasteiger partial charge on any atom is -0.489 e. The summed E-state index contributed by atoms with van der Waals surface area (Å²) in [7, 11) is 1.65. The molecule has 0 spiro atoms. The lowest BCUT2D eigenvalue weighted by Crippen LogP contribution is -2.08. The second-order valence-corrected chi connectivity index (χ2v) is 6.75. The van der Waals surface area contributed by atoms with Gasteiger partial charge in [0.1, 0.15) is 12.4 Å². The summed E-state index contributed by atoms with van der Waals surface area (Å²) in [6, 6.07) is 9.55. The number of nitrogens with two attached hydrogens (primary N) is 1. The molecule has 136 valence electrons. The van der Waals surface area contributed by atoms with E-state index in [0.717, 1.165) is 27.0 Å². The predicted octanol–water partition coefficient (Wildman–Crippen LogP) is 3.14. The molecule has 3 aromatic rings. The van der Waals surface area contributed by atoms with E-state index in [1.165, 1.54) is 11.3 Å². The fraction of sp³-hybridized carbons (Fsp3) is 0.263. The number of pyridine rings is 1. The van der Waals surface area contributed by atoms with E-state index in [2.05, 4.69) is 4.98 Å². The summed E-state index contributed by atoms with van der Waals surface area (Å²) in [6.45, 7) is 2.06. The first-order valence-electron chi connectivity index (χ1n) is 8.12. The standard InChI is InChI=1S/C19H20N2O4S/c1-23-6-7-24-11-13-2-4-15(5-3-13)25-12-14-9-21-10-18-16(14)8-17(26-18)19(20)22/h2-5,8-10H,6-7,11-12H2,1H3,(H2,20,22). The van der Waals surface area contributed by atoms with E-state index in [1.807, 2.05) is 24.3 Å². The van der Waals surface area contributed by atoms with E-state index in [0.29, 0.717) is 31.3 Å². The van der Waals surface area contributed by atoms with Gasteiger partial charge in [-0.2, -0.15) is 0 Å². The van der Waals surface area contributed by atoms with E-state index in [-0.39, 0.29) is 0 Å². The average molecular weight is 372 g/mol. The third-order valence-electron chi connectivity index (χ3n) is 3.79. The van der Waals surface area contributed by atoms with Gasteiger partial charge in [0.15, 0.2) is 0 Å². The number of ether oxygens (including phenoxy) is 3.